The lowest BCUT2D eigenvalue weighted by Crippen LogP contribution is -2.44. The summed E-state index contributed by atoms with van der Waals surface area (Å²) in [5.74, 6) is 1.47. The fourth-order valence-electron chi connectivity index (χ4n) is 5.17. The summed E-state index contributed by atoms with van der Waals surface area (Å²) in [6, 6.07) is 10.4. The third-order valence-electron chi connectivity index (χ3n) is 7.06. The van der Waals surface area contributed by atoms with Gasteiger partial charge >= 0.3 is 0 Å². The van der Waals surface area contributed by atoms with Crippen molar-refractivity contribution in [3.63, 3.8) is 0 Å². The van der Waals surface area contributed by atoms with Gasteiger partial charge in [0, 0.05) is 38.3 Å². The molecule has 2 aliphatic heterocycles. The van der Waals surface area contributed by atoms with E-state index in [2.05, 4.69) is 39.1 Å². The van der Waals surface area contributed by atoms with Crippen molar-refractivity contribution in [3.05, 3.63) is 59.2 Å². The van der Waals surface area contributed by atoms with Crippen molar-refractivity contribution in [2.24, 2.45) is 11.8 Å². The molecule has 0 aliphatic carbocycles. The van der Waals surface area contributed by atoms with E-state index in [4.69, 9.17) is 0 Å². The van der Waals surface area contributed by atoms with Crippen molar-refractivity contribution < 1.29 is 9.59 Å². The van der Waals surface area contributed by atoms with Gasteiger partial charge in [-0.25, -0.2) is 9.97 Å². The summed E-state index contributed by atoms with van der Waals surface area (Å²) >= 11 is 0. The molecule has 170 valence electrons. The Labute approximate surface area is 191 Å². The van der Waals surface area contributed by atoms with Gasteiger partial charge in [-0.1, -0.05) is 36.8 Å². The van der Waals surface area contributed by atoms with Crippen molar-refractivity contribution >= 4 is 11.8 Å². The number of amides is 2. The molecule has 4 rings (SSSR count). The largest absolute Gasteiger partial charge is 0.342 e. The van der Waals surface area contributed by atoms with Gasteiger partial charge in [0.25, 0.3) is 5.91 Å². The first-order chi connectivity index (χ1) is 15.5. The maximum Gasteiger partial charge on any atom is 0.257 e. The zero-order valence-corrected chi connectivity index (χ0v) is 19.3. The lowest BCUT2D eigenvalue weighted by molar-refractivity contribution is -0.137. The molecule has 6 heteroatoms. The van der Waals surface area contributed by atoms with Crippen molar-refractivity contribution in [2.75, 3.05) is 26.2 Å². The van der Waals surface area contributed by atoms with Gasteiger partial charge in [-0.2, -0.15) is 0 Å². The standard InChI is InChI=1S/C26H34N4O2/c1-19-24(18-27-20(2)28-19)26(32)30-16-12-22(13-17-30)23-10-6-7-14-29(25(23)31)15-11-21-8-4-3-5-9-21/h3-5,8-9,18,22-23H,6-7,10-17H2,1-2H3/t23-/m0/s1. The van der Waals surface area contributed by atoms with Gasteiger partial charge in [0.05, 0.1) is 11.3 Å². The Morgan fingerprint density at radius 2 is 1.78 bits per heavy atom. The summed E-state index contributed by atoms with van der Waals surface area (Å²) in [5, 5.41) is 0. The summed E-state index contributed by atoms with van der Waals surface area (Å²) in [7, 11) is 0. The lowest BCUT2D eigenvalue weighted by Gasteiger charge is -2.36. The second kappa shape index (κ2) is 10.2. The average Bonchev–Trinajstić information content (AvgIpc) is 2.99. The van der Waals surface area contributed by atoms with Gasteiger partial charge in [-0.05, 0) is 57.4 Å². The summed E-state index contributed by atoms with van der Waals surface area (Å²) in [6.45, 7) is 6.76. The summed E-state index contributed by atoms with van der Waals surface area (Å²) < 4.78 is 0. The van der Waals surface area contributed by atoms with Gasteiger partial charge in [0.2, 0.25) is 5.91 Å². The number of nitrogens with zero attached hydrogens (tertiary/aromatic N) is 4. The fraction of sp³-hybridized carbons (Fsp3) is 0.538. The maximum absolute atomic E-state index is 13.4. The molecule has 1 aromatic heterocycles. The number of piperidine rings is 1. The molecule has 2 amide bonds. The Balaban J connectivity index is 1.35. The van der Waals surface area contributed by atoms with Crippen LogP contribution in [-0.2, 0) is 11.2 Å². The molecule has 2 aromatic rings. The maximum atomic E-state index is 13.4. The molecule has 6 nitrogen and oxygen atoms in total. The molecular formula is C26H34N4O2. The first-order valence-electron chi connectivity index (χ1n) is 11.9. The van der Waals surface area contributed by atoms with Crippen molar-refractivity contribution in [1.29, 1.82) is 0 Å². The number of rotatable bonds is 5. The summed E-state index contributed by atoms with van der Waals surface area (Å²) in [5.41, 5.74) is 2.60. The quantitative estimate of drug-likeness (QED) is 0.718. The number of aromatic nitrogens is 2. The van der Waals surface area contributed by atoms with Crippen LogP contribution in [0.2, 0.25) is 0 Å². The molecular weight excluding hydrogens is 400 g/mol. The molecule has 0 bridgehead atoms. The third kappa shape index (κ3) is 5.17. The van der Waals surface area contributed by atoms with E-state index >= 15 is 0 Å². The predicted molar refractivity (Wildman–Crippen MR) is 124 cm³/mol. The Morgan fingerprint density at radius 3 is 2.50 bits per heavy atom. The van der Waals surface area contributed by atoms with Crippen LogP contribution in [0.15, 0.2) is 36.5 Å². The highest BCUT2D eigenvalue weighted by molar-refractivity contribution is 5.95. The third-order valence-corrected chi connectivity index (χ3v) is 7.06. The normalized spacial score (nSPS) is 20.3. The second-order valence-corrected chi connectivity index (χ2v) is 9.21. The molecule has 3 heterocycles. The highest BCUT2D eigenvalue weighted by Crippen LogP contribution is 2.32. The van der Waals surface area contributed by atoms with Gasteiger partial charge in [0.1, 0.15) is 5.82 Å². The molecule has 0 unspecified atom stereocenters. The zero-order chi connectivity index (χ0) is 22.5. The van der Waals surface area contributed by atoms with E-state index < -0.39 is 0 Å². The highest BCUT2D eigenvalue weighted by atomic mass is 16.2. The minimum atomic E-state index is 0.0117. The van der Waals surface area contributed by atoms with Crippen LogP contribution in [0.1, 0.15) is 59.5 Å². The van der Waals surface area contributed by atoms with E-state index in [-0.39, 0.29) is 11.8 Å². The molecule has 2 saturated heterocycles. The van der Waals surface area contributed by atoms with Crippen LogP contribution in [0.4, 0.5) is 0 Å². The van der Waals surface area contributed by atoms with E-state index in [0.717, 1.165) is 57.3 Å². The molecule has 0 N–H and O–H groups in total. The monoisotopic (exact) mass is 434 g/mol. The van der Waals surface area contributed by atoms with Crippen LogP contribution in [-0.4, -0.2) is 57.8 Å². The SMILES string of the molecule is Cc1ncc(C(=O)N2CCC([C@@H]3CCCCN(CCc4ccccc4)C3=O)CC2)c(C)n1. The number of carbonyl (C=O) groups excluding carboxylic acids is 2. The predicted octanol–water partition coefficient (Wildman–Crippen LogP) is 3.82. The van der Waals surface area contributed by atoms with E-state index in [1.165, 1.54) is 5.56 Å². The lowest BCUT2D eigenvalue weighted by atomic mass is 9.81. The van der Waals surface area contributed by atoms with Gasteiger partial charge < -0.3 is 9.80 Å². The Bertz CT molecular complexity index is 938. The van der Waals surface area contributed by atoms with Crippen molar-refractivity contribution in [1.82, 2.24) is 19.8 Å². The number of benzene rings is 1. The first kappa shape index (κ1) is 22.4. The van der Waals surface area contributed by atoms with Gasteiger partial charge in [-0.3, -0.25) is 9.59 Å². The topological polar surface area (TPSA) is 66.4 Å². The van der Waals surface area contributed by atoms with E-state index in [0.29, 0.717) is 36.3 Å². The Morgan fingerprint density at radius 1 is 1.03 bits per heavy atom. The molecule has 2 aliphatic rings. The van der Waals surface area contributed by atoms with Crippen LogP contribution in [0.25, 0.3) is 0 Å². The van der Waals surface area contributed by atoms with Crippen molar-refractivity contribution in [2.45, 2.75) is 52.4 Å². The number of aryl methyl sites for hydroxylation is 2. The average molecular weight is 435 g/mol. The molecule has 1 atom stereocenters. The molecule has 2 fully saturated rings. The number of hydrogen-bond donors (Lipinski definition) is 0. The van der Waals surface area contributed by atoms with Crippen molar-refractivity contribution in [3.8, 4) is 0 Å². The fourth-order valence-corrected chi connectivity index (χ4v) is 5.17. The van der Waals surface area contributed by atoms with Crippen LogP contribution in [0, 0.1) is 25.7 Å². The van der Waals surface area contributed by atoms with Crippen LogP contribution in [0.5, 0.6) is 0 Å². The molecule has 0 radical (unpaired) electrons. The molecule has 1 aromatic carbocycles. The molecule has 0 spiro atoms. The van der Waals surface area contributed by atoms with Crippen LogP contribution >= 0.6 is 0 Å². The minimum Gasteiger partial charge on any atom is -0.342 e. The second-order valence-electron chi connectivity index (χ2n) is 9.21. The van der Waals surface area contributed by atoms with E-state index in [1.54, 1.807) is 6.20 Å². The summed E-state index contributed by atoms with van der Waals surface area (Å²) in [6.07, 6.45) is 7.50. The number of hydrogen-bond acceptors (Lipinski definition) is 4. The van der Waals surface area contributed by atoms with Crippen LogP contribution in [0.3, 0.4) is 0 Å². The van der Waals surface area contributed by atoms with E-state index in [1.807, 2.05) is 24.8 Å². The minimum absolute atomic E-state index is 0.0117. The number of likely N-dealkylation sites (tertiary alicyclic amines) is 2. The summed E-state index contributed by atoms with van der Waals surface area (Å²) in [4.78, 5) is 38.9. The smallest absolute Gasteiger partial charge is 0.257 e. The van der Waals surface area contributed by atoms with E-state index in [9.17, 15) is 9.59 Å². The highest BCUT2D eigenvalue weighted by Gasteiger charge is 2.36. The van der Waals surface area contributed by atoms with Crippen LogP contribution < -0.4 is 0 Å². The van der Waals surface area contributed by atoms with Gasteiger partial charge in [-0.15, -0.1) is 0 Å². The number of carbonyl (C=O) groups is 2. The molecule has 0 saturated carbocycles. The first-order valence-corrected chi connectivity index (χ1v) is 11.9. The molecule has 32 heavy (non-hydrogen) atoms. The zero-order valence-electron chi connectivity index (χ0n) is 19.3. The Hall–Kier alpha value is -2.76. The van der Waals surface area contributed by atoms with Gasteiger partial charge in [0.15, 0.2) is 0 Å². The Kier molecular flexibility index (Phi) is 7.18.